The highest BCUT2D eigenvalue weighted by Gasteiger charge is 2.10. The van der Waals surface area contributed by atoms with Crippen LogP contribution >= 0.6 is 0 Å². The van der Waals surface area contributed by atoms with Crippen LogP contribution in [0.15, 0.2) is 29.7 Å². The summed E-state index contributed by atoms with van der Waals surface area (Å²) in [5, 5.41) is 11.3. The largest absolute Gasteiger partial charge is 0.278 e. The van der Waals surface area contributed by atoms with Crippen LogP contribution in [-0.2, 0) is 14.8 Å². The van der Waals surface area contributed by atoms with Crippen molar-refractivity contribution in [3.8, 4) is 0 Å². The third-order valence-corrected chi connectivity index (χ3v) is 2.69. The summed E-state index contributed by atoms with van der Waals surface area (Å²) >= 11 is 0. The Kier molecular flexibility index (Phi) is 3.94. The van der Waals surface area contributed by atoms with Crippen molar-refractivity contribution in [2.75, 3.05) is 0 Å². The van der Waals surface area contributed by atoms with E-state index in [1.807, 2.05) is 0 Å². The highest BCUT2D eigenvalue weighted by Crippen LogP contribution is 2.19. The van der Waals surface area contributed by atoms with Crippen molar-refractivity contribution in [3.05, 3.63) is 45.4 Å². The first kappa shape index (κ1) is 12.8. The van der Waals surface area contributed by atoms with Gasteiger partial charge in [0.05, 0.1) is 15.9 Å². The average Bonchev–Trinajstić information content (AvgIpc) is 2.27. The van der Waals surface area contributed by atoms with Gasteiger partial charge in [-0.1, -0.05) is 12.1 Å². The molecule has 0 heterocycles. The molecule has 0 aliphatic rings. The van der Waals surface area contributed by atoms with Crippen molar-refractivity contribution in [1.82, 2.24) is 4.72 Å². The molecule has 0 bridgehead atoms. The summed E-state index contributed by atoms with van der Waals surface area (Å²) in [4.78, 5) is 20.0. The van der Waals surface area contributed by atoms with E-state index in [1.54, 1.807) is 4.72 Å². The lowest BCUT2D eigenvalue weighted by Crippen LogP contribution is -2.18. The summed E-state index contributed by atoms with van der Waals surface area (Å²) in [7, 11) is -3.89. The maximum Gasteiger partial charge on any atom is 0.276 e. The molecule has 1 aromatic rings. The summed E-state index contributed by atoms with van der Waals surface area (Å²) in [6, 6.07) is 5.64. The van der Waals surface area contributed by atoms with Gasteiger partial charge in [-0.05, 0) is 12.1 Å². The molecular weight excluding hydrogens is 248 g/mol. The van der Waals surface area contributed by atoms with Crippen LogP contribution in [0.1, 0.15) is 5.56 Å². The number of nitro groups is 1. The SMILES string of the molecule is O=CNS(=O)(=O)C=Cc1ccccc1[N+](=O)[O-]. The zero-order chi connectivity index (χ0) is 12.9. The van der Waals surface area contributed by atoms with E-state index >= 15 is 0 Å². The molecule has 90 valence electrons. The standard InChI is InChI=1S/C9H8N2O5S/c12-7-10-17(15,16)6-5-8-3-1-2-4-9(8)11(13)14/h1-7H,(H,10,12). The van der Waals surface area contributed by atoms with Crippen molar-refractivity contribution in [2.45, 2.75) is 0 Å². The molecule has 0 fully saturated rings. The van der Waals surface area contributed by atoms with E-state index in [-0.39, 0.29) is 17.7 Å². The van der Waals surface area contributed by atoms with Gasteiger partial charge >= 0.3 is 0 Å². The van der Waals surface area contributed by atoms with Crippen LogP contribution in [0.4, 0.5) is 5.69 Å². The molecule has 1 aromatic carbocycles. The Hall–Kier alpha value is -2.22. The van der Waals surface area contributed by atoms with Gasteiger partial charge in [0.1, 0.15) is 0 Å². The van der Waals surface area contributed by atoms with Gasteiger partial charge in [-0.2, -0.15) is 0 Å². The van der Waals surface area contributed by atoms with E-state index in [9.17, 15) is 23.3 Å². The van der Waals surface area contributed by atoms with Crippen molar-refractivity contribution in [1.29, 1.82) is 0 Å². The van der Waals surface area contributed by atoms with Crippen LogP contribution in [0, 0.1) is 10.1 Å². The molecule has 1 rings (SSSR count). The van der Waals surface area contributed by atoms with Gasteiger partial charge in [-0.15, -0.1) is 0 Å². The number of rotatable bonds is 5. The number of amides is 1. The molecule has 0 saturated heterocycles. The number of hydrogen-bond acceptors (Lipinski definition) is 5. The maximum absolute atomic E-state index is 11.1. The number of sulfonamides is 1. The minimum absolute atomic E-state index is 0.0130. The Labute approximate surface area is 97.0 Å². The first-order valence-corrected chi connectivity index (χ1v) is 5.88. The molecule has 1 amide bonds. The number of carbonyl (C=O) groups is 1. The Balaban J connectivity index is 3.08. The molecule has 7 nitrogen and oxygen atoms in total. The Morgan fingerprint density at radius 1 is 1.29 bits per heavy atom. The van der Waals surface area contributed by atoms with E-state index < -0.39 is 14.9 Å². The third kappa shape index (κ3) is 3.68. The predicted molar refractivity (Wildman–Crippen MR) is 60.2 cm³/mol. The normalized spacial score (nSPS) is 11.3. The predicted octanol–water partition coefficient (Wildman–Crippen LogP) is 0.641. The second kappa shape index (κ2) is 5.21. The molecule has 0 unspecified atom stereocenters. The number of nitro benzene ring substituents is 1. The minimum atomic E-state index is -3.89. The number of nitrogens with zero attached hydrogens (tertiary/aromatic N) is 1. The topological polar surface area (TPSA) is 106 Å². The van der Waals surface area contributed by atoms with Crippen LogP contribution < -0.4 is 4.72 Å². The number of carbonyl (C=O) groups excluding carboxylic acids is 1. The van der Waals surface area contributed by atoms with Crippen LogP contribution in [-0.4, -0.2) is 19.8 Å². The molecule has 1 N–H and O–H groups in total. The fourth-order valence-corrected chi connectivity index (χ4v) is 1.60. The lowest BCUT2D eigenvalue weighted by molar-refractivity contribution is -0.385. The van der Waals surface area contributed by atoms with Crippen LogP contribution in [0.3, 0.4) is 0 Å². The quantitative estimate of drug-likeness (QED) is 0.472. The molecule has 0 atom stereocenters. The second-order valence-corrected chi connectivity index (χ2v) is 4.50. The Morgan fingerprint density at radius 3 is 2.53 bits per heavy atom. The third-order valence-electron chi connectivity index (χ3n) is 1.77. The first-order chi connectivity index (χ1) is 7.96. The molecule has 0 aromatic heterocycles. The van der Waals surface area contributed by atoms with Gasteiger partial charge in [-0.25, -0.2) is 8.42 Å². The first-order valence-electron chi connectivity index (χ1n) is 4.34. The summed E-state index contributed by atoms with van der Waals surface area (Å²) < 4.78 is 23.7. The smallest absolute Gasteiger partial charge is 0.276 e. The number of benzene rings is 1. The van der Waals surface area contributed by atoms with E-state index in [0.717, 1.165) is 6.08 Å². The van der Waals surface area contributed by atoms with Gasteiger partial charge < -0.3 is 0 Å². The van der Waals surface area contributed by atoms with Gasteiger partial charge in [0.15, 0.2) is 0 Å². The molecule has 0 aliphatic carbocycles. The molecule has 0 radical (unpaired) electrons. The van der Waals surface area contributed by atoms with E-state index in [4.69, 9.17) is 0 Å². The van der Waals surface area contributed by atoms with Crippen molar-refractivity contribution in [3.63, 3.8) is 0 Å². The van der Waals surface area contributed by atoms with Crippen molar-refractivity contribution < 1.29 is 18.1 Å². The highest BCUT2D eigenvalue weighted by molar-refractivity contribution is 7.93. The summed E-state index contributed by atoms with van der Waals surface area (Å²) in [6.07, 6.45) is 1.06. The van der Waals surface area contributed by atoms with E-state index in [1.165, 1.54) is 24.3 Å². The zero-order valence-electron chi connectivity index (χ0n) is 8.44. The van der Waals surface area contributed by atoms with Crippen LogP contribution in [0.2, 0.25) is 0 Å². The average molecular weight is 256 g/mol. The van der Waals surface area contributed by atoms with E-state index in [2.05, 4.69) is 0 Å². The van der Waals surface area contributed by atoms with Gasteiger partial charge in [0, 0.05) is 6.07 Å². The molecule has 0 aliphatic heterocycles. The Bertz CT molecular complexity index is 565. The fraction of sp³-hybridized carbons (Fsp3) is 0. The molecule has 8 heteroatoms. The maximum atomic E-state index is 11.1. The number of nitrogens with one attached hydrogen (secondary N) is 1. The highest BCUT2D eigenvalue weighted by atomic mass is 32.2. The van der Waals surface area contributed by atoms with Crippen molar-refractivity contribution >= 4 is 28.2 Å². The molecule has 0 saturated carbocycles. The summed E-state index contributed by atoms with van der Waals surface area (Å²) in [5.74, 6) is 0. The van der Waals surface area contributed by atoms with Gasteiger partial charge in [0.2, 0.25) is 6.41 Å². The summed E-state index contributed by atoms with van der Waals surface area (Å²) in [5.41, 5.74) is -0.0844. The fourth-order valence-electron chi connectivity index (χ4n) is 1.06. The number of hydrogen-bond donors (Lipinski definition) is 1. The minimum Gasteiger partial charge on any atom is -0.278 e. The number of para-hydroxylation sites is 1. The molecule has 17 heavy (non-hydrogen) atoms. The van der Waals surface area contributed by atoms with Gasteiger partial charge in [-0.3, -0.25) is 19.6 Å². The lowest BCUT2D eigenvalue weighted by atomic mass is 10.2. The monoisotopic (exact) mass is 256 g/mol. The van der Waals surface area contributed by atoms with E-state index in [0.29, 0.717) is 5.41 Å². The van der Waals surface area contributed by atoms with Gasteiger partial charge in [0.25, 0.3) is 15.7 Å². The van der Waals surface area contributed by atoms with Crippen LogP contribution in [0.25, 0.3) is 6.08 Å². The Morgan fingerprint density at radius 2 is 1.94 bits per heavy atom. The second-order valence-electron chi connectivity index (χ2n) is 2.90. The molecule has 0 spiro atoms. The molecular formula is C9H8N2O5S. The zero-order valence-corrected chi connectivity index (χ0v) is 9.25. The lowest BCUT2D eigenvalue weighted by Gasteiger charge is -1.97. The van der Waals surface area contributed by atoms with Crippen LogP contribution in [0.5, 0.6) is 0 Å². The van der Waals surface area contributed by atoms with Crippen molar-refractivity contribution in [2.24, 2.45) is 0 Å². The summed E-state index contributed by atoms with van der Waals surface area (Å²) in [6.45, 7) is 0.